The van der Waals surface area contributed by atoms with Crippen LogP contribution >= 0.6 is 15.9 Å². The van der Waals surface area contributed by atoms with E-state index in [4.69, 9.17) is 0 Å². The zero-order chi connectivity index (χ0) is 11.4. The first kappa shape index (κ1) is 11.9. The molecule has 1 aliphatic rings. The van der Waals surface area contributed by atoms with E-state index in [-0.39, 0.29) is 12.1 Å². The number of aliphatic hydroxyl groups is 1. The summed E-state index contributed by atoms with van der Waals surface area (Å²) in [6.07, 6.45) is 1.92. The van der Waals surface area contributed by atoms with Gasteiger partial charge in [-0.25, -0.2) is 0 Å². The zero-order valence-corrected chi connectivity index (χ0v) is 10.8. The summed E-state index contributed by atoms with van der Waals surface area (Å²) in [4.78, 5) is 0. The fourth-order valence-corrected chi connectivity index (χ4v) is 2.33. The van der Waals surface area contributed by atoms with Crippen LogP contribution < -0.4 is 10.6 Å². The molecule has 2 rings (SSSR count). The average Bonchev–Trinajstić information content (AvgIpc) is 2.33. The van der Waals surface area contributed by atoms with Crippen molar-refractivity contribution in [2.24, 2.45) is 0 Å². The van der Waals surface area contributed by atoms with Crippen molar-refractivity contribution in [2.45, 2.75) is 18.4 Å². The monoisotopic (exact) mass is 284 g/mol. The Hall–Kier alpha value is -0.580. The molecule has 0 saturated carbocycles. The van der Waals surface area contributed by atoms with Crippen LogP contribution in [0, 0.1) is 0 Å². The van der Waals surface area contributed by atoms with Crippen molar-refractivity contribution in [3.63, 3.8) is 0 Å². The maximum atomic E-state index is 9.56. The zero-order valence-electron chi connectivity index (χ0n) is 9.17. The highest BCUT2D eigenvalue weighted by Gasteiger charge is 2.30. The Morgan fingerprint density at radius 3 is 2.44 bits per heavy atom. The van der Waals surface area contributed by atoms with Crippen molar-refractivity contribution >= 4 is 21.6 Å². The maximum absolute atomic E-state index is 9.56. The number of piperidine rings is 1. The smallest absolute Gasteiger partial charge is 0.0662 e. The van der Waals surface area contributed by atoms with Crippen LogP contribution in [0.2, 0.25) is 0 Å². The lowest BCUT2D eigenvalue weighted by molar-refractivity contribution is 0.179. The Balaban J connectivity index is 2.08. The number of hydrogen-bond donors (Lipinski definition) is 3. The minimum atomic E-state index is -0.154. The van der Waals surface area contributed by atoms with Gasteiger partial charge in [-0.05, 0) is 50.2 Å². The molecule has 0 amide bonds. The van der Waals surface area contributed by atoms with Crippen LogP contribution in [0.1, 0.15) is 12.8 Å². The van der Waals surface area contributed by atoms with Crippen LogP contribution in [0.15, 0.2) is 28.7 Å². The topological polar surface area (TPSA) is 44.3 Å². The Bertz CT molecular complexity index is 333. The first-order valence-corrected chi connectivity index (χ1v) is 6.39. The van der Waals surface area contributed by atoms with Gasteiger partial charge in [0.25, 0.3) is 0 Å². The molecule has 0 radical (unpaired) electrons. The van der Waals surface area contributed by atoms with E-state index in [1.54, 1.807) is 0 Å². The number of hydrogen-bond acceptors (Lipinski definition) is 3. The van der Waals surface area contributed by atoms with Gasteiger partial charge in [0, 0.05) is 10.2 Å². The molecule has 3 nitrogen and oxygen atoms in total. The molecule has 0 aromatic heterocycles. The molecule has 1 saturated heterocycles. The van der Waals surface area contributed by atoms with Crippen LogP contribution in [-0.4, -0.2) is 30.3 Å². The summed E-state index contributed by atoms with van der Waals surface area (Å²) in [6, 6.07) is 8.08. The number of aliphatic hydroxyl groups excluding tert-OH is 1. The minimum Gasteiger partial charge on any atom is -0.394 e. The Labute approximate surface area is 104 Å². The summed E-state index contributed by atoms with van der Waals surface area (Å²) in [5, 5.41) is 16.3. The molecule has 0 atom stereocenters. The third-order valence-corrected chi connectivity index (χ3v) is 3.65. The Morgan fingerprint density at radius 1 is 1.25 bits per heavy atom. The van der Waals surface area contributed by atoms with Gasteiger partial charge in [-0.2, -0.15) is 0 Å². The SMILES string of the molecule is OCC1(Nc2ccc(Br)cc2)CCNCC1. The molecule has 3 N–H and O–H groups in total. The summed E-state index contributed by atoms with van der Waals surface area (Å²) in [7, 11) is 0. The highest BCUT2D eigenvalue weighted by atomic mass is 79.9. The van der Waals surface area contributed by atoms with Crippen molar-refractivity contribution in [1.82, 2.24) is 5.32 Å². The van der Waals surface area contributed by atoms with Crippen LogP contribution in [-0.2, 0) is 0 Å². The molecule has 0 aliphatic carbocycles. The molecule has 4 heteroatoms. The number of nitrogens with one attached hydrogen (secondary N) is 2. The largest absolute Gasteiger partial charge is 0.394 e. The van der Waals surface area contributed by atoms with E-state index in [2.05, 4.69) is 26.6 Å². The lowest BCUT2D eigenvalue weighted by Crippen LogP contribution is -2.50. The molecule has 1 aromatic carbocycles. The molecule has 88 valence electrons. The highest BCUT2D eigenvalue weighted by molar-refractivity contribution is 9.10. The van der Waals surface area contributed by atoms with Gasteiger partial charge in [0.1, 0.15) is 0 Å². The van der Waals surface area contributed by atoms with Gasteiger partial charge in [0.15, 0.2) is 0 Å². The lowest BCUT2D eigenvalue weighted by Gasteiger charge is -2.37. The summed E-state index contributed by atoms with van der Waals surface area (Å²) in [5.41, 5.74) is 0.915. The van der Waals surface area contributed by atoms with Gasteiger partial charge in [0.05, 0.1) is 12.1 Å². The fourth-order valence-electron chi connectivity index (χ4n) is 2.07. The van der Waals surface area contributed by atoms with Gasteiger partial charge in [-0.1, -0.05) is 15.9 Å². The predicted octanol–water partition coefficient (Wildman–Crippen LogP) is 1.98. The van der Waals surface area contributed by atoms with Crippen molar-refractivity contribution in [3.8, 4) is 0 Å². The van der Waals surface area contributed by atoms with Crippen molar-refractivity contribution < 1.29 is 5.11 Å². The molecule has 0 unspecified atom stereocenters. The fraction of sp³-hybridized carbons (Fsp3) is 0.500. The maximum Gasteiger partial charge on any atom is 0.0662 e. The van der Waals surface area contributed by atoms with Crippen LogP contribution in [0.25, 0.3) is 0 Å². The first-order valence-electron chi connectivity index (χ1n) is 5.59. The molecule has 1 aromatic rings. The lowest BCUT2D eigenvalue weighted by atomic mass is 9.89. The van der Waals surface area contributed by atoms with Crippen LogP contribution in [0.4, 0.5) is 5.69 Å². The third-order valence-electron chi connectivity index (χ3n) is 3.12. The second kappa shape index (κ2) is 5.17. The van der Waals surface area contributed by atoms with Gasteiger partial charge in [0.2, 0.25) is 0 Å². The molecule has 1 aliphatic heterocycles. The van der Waals surface area contributed by atoms with E-state index < -0.39 is 0 Å². The molecule has 1 heterocycles. The normalized spacial score (nSPS) is 19.4. The van der Waals surface area contributed by atoms with Gasteiger partial charge >= 0.3 is 0 Å². The second-order valence-electron chi connectivity index (χ2n) is 4.32. The minimum absolute atomic E-state index is 0.154. The standard InChI is InChI=1S/C12H17BrN2O/c13-10-1-3-11(4-2-10)15-12(9-16)5-7-14-8-6-12/h1-4,14-16H,5-9H2. The molecular weight excluding hydrogens is 268 g/mol. The second-order valence-corrected chi connectivity index (χ2v) is 5.24. The summed E-state index contributed by atoms with van der Waals surface area (Å²) >= 11 is 3.41. The van der Waals surface area contributed by atoms with Crippen molar-refractivity contribution in [3.05, 3.63) is 28.7 Å². The van der Waals surface area contributed by atoms with Crippen molar-refractivity contribution in [1.29, 1.82) is 0 Å². The van der Waals surface area contributed by atoms with E-state index in [1.165, 1.54) is 0 Å². The third kappa shape index (κ3) is 2.75. The van der Waals surface area contributed by atoms with E-state index in [0.29, 0.717) is 0 Å². The molecule has 1 fully saturated rings. The van der Waals surface area contributed by atoms with Crippen LogP contribution in [0.5, 0.6) is 0 Å². The Morgan fingerprint density at radius 2 is 1.88 bits per heavy atom. The average molecular weight is 285 g/mol. The molecule has 0 bridgehead atoms. The van der Waals surface area contributed by atoms with Crippen LogP contribution in [0.3, 0.4) is 0 Å². The molecule has 0 spiro atoms. The quantitative estimate of drug-likeness (QED) is 0.795. The molecule has 16 heavy (non-hydrogen) atoms. The van der Waals surface area contributed by atoms with E-state index in [0.717, 1.165) is 36.1 Å². The number of halogens is 1. The van der Waals surface area contributed by atoms with Gasteiger partial charge in [-0.15, -0.1) is 0 Å². The van der Waals surface area contributed by atoms with E-state index in [1.807, 2.05) is 24.3 Å². The van der Waals surface area contributed by atoms with E-state index >= 15 is 0 Å². The van der Waals surface area contributed by atoms with Crippen molar-refractivity contribution in [2.75, 3.05) is 25.0 Å². The Kier molecular flexibility index (Phi) is 3.84. The van der Waals surface area contributed by atoms with Gasteiger partial charge in [-0.3, -0.25) is 0 Å². The van der Waals surface area contributed by atoms with Gasteiger partial charge < -0.3 is 15.7 Å². The summed E-state index contributed by atoms with van der Waals surface area (Å²) in [5.74, 6) is 0. The number of anilines is 1. The first-order chi connectivity index (χ1) is 7.74. The number of benzene rings is 1. The molecular formula is C12H17BrN2O. The summed E-state index contributed by atoms with van der Waals surface area (Å²) in [6.45, 7) is 2.11. The number of rotatable bonds is 3. The van der Waals surface area contributed by atoms with E-state index in [9.17, 15) is 5.11 Å². The summed E-state index contributed by atoms with van der Waals surface area (Å²) < 4.78 is 1.07. The predicted molar refractivity (Wildman–Crippen MR) is 69.7 cm³/mol. The highest BCUT2D eigenvalue weighted by Crippen LogP contribution is 2.24.